The SMILES string of the molecule is CCCNC(=O)C(Cc1ccccc1)N(Cc1ccc(F)cc1)C(=O)CN(c1cc(Cl)ccc1C)S(=O)(=O)c1ccc(C)cc1. The number of aryl methyl sites for hydroxylation is 2. The van der Waals surface area contributed by atoms with E-state index < -0.39 is 34.3 Å². The van der Waals surface area contributed by atoms with E-state index in [-0.39, 0.29) is 29.5 Å². The molecule has 7 nitrogen and oxygen atoms in total. The number of nitrogens with zero attached hydrogens (tertiary/aromatic N) is 2. The Kier molecular flexibility index (Phi) is 11.4. The fourth-order valence-electron chi connectivity index (χ4n) is 4.91. The maximum absolute atomic E-state index is 14.5. The molecule has 0 heterocycles. The number of carbonyl (C=O) groups is 2. The van der Waals surface area contributed by atoms with E-state index in [9.17, 15) is 22.4 Å². The highest BCUT2D eigenvalue weighted by Crippen LogP contribution is 2.30. The molecular formula is C35H37ClFN3O4S. The predicted octanol–water partition coefficient (Wildman–Crippen LogP) is 6.46. The standard InChI is InChI=1S/C35H37ClFN3O4S/c1-4-20-38-35(42)33(21-27-8-6-5-7-9-27)39(23-28-13-16-30(37)17-14-28)34(41)24-40(32-22-29(36)15-12-26(32)3)45(43,44)31-18-10-25(2)11-19-31/h5-19,22,33H,4,20-21,23-24H2,1-3H3,(H,38,42). The van der Waals surface area contributed by atoms with Crippen LogP contribution in [-0.4, -0.2) is 44.3 Å². The van der Waals surface area contributed by atoms with Gasteiger partial charge in [-0.05, 0) is 73.4 Å². The number of nitrogens with one attached hydrogen (secondary N) is 1. The van der Waals surface area contributed by atoms with Gasteiger partial charge in [-0.25, -0.2) is 12.8 Å². The Labute approximate surface area is 269 Å². The van der Waals surface area contributed by atoms with Crippen LogP contribution in [0.15, 0.2) is 102 Å². The molecule has 0 radical (unpaired) electrons. The molecule has 0 aliphatic rings. The third-order valence-corrected chi connectivity index (χ3v) is 9.42. The van der Waals surface area contributed by atoms with Gasteiger partial charge in [-0.3, -0.25) is 13.9 Å². The van der Waals surface area contributed by atoms with Gasteiger partial charge in [0.1, 0.15) is 18.4 Å². The van der Waals surface area contributed by atoms with E-state index in [0.29, 0.717) is 29.1 Å². The van der Waals surface area contributed by atoms with E-state index in [1.165, 1.54) is 35.2 Å². The summed E-state index contributed by atoms with van der Waals surface area (Å²) in [6, 6.07) is 25.2. The Morgan fingerprint density at radius 3 is 2.20 bits per heavy atom. The van der Waals surface area contributed by atoms with Gasteiger partial charge in [0.25, 0.3) is 10.0 Å². The molecule has 10 heteroatoms. The summed E-state index contributed by atoms with van der Waals surface area (Å²) < 4.78 is 43.2. The first-order chi connectivity index (χ1) is 21.5. The summed E-state index contributed by atoms with van der Waals surface area (Å²) >= 11 is 6.33. The lowest BCUT2D eigenvalue weighted by atomic mass is 10.0. The van der Waals surface area contributed by atoms with Crippen LogP contribution < -0.4 is 9.62 Å². The molecule has 0 aliphatic carbocycles. The number of hydrogen-bond acceptors (Lipinski definition) is 4. The van der Waals surface area contributed by atoms with Crippen molar-refractivity contribution in [3.63, 3.8) is 0 Å². The number of sulfonamides is 1. The number of carbonyl (C=O) groups excluding carboxylic acids is 2. The number of anilines is 1. The van der Waals surface area contributed by atoms with Gasteiger partial charge in [-0.2, -0.15) is 0 Å². The molecule has 0 bridgehead atoms. The van der Waals surface area contributed by atoms with Crippen LogP contribution in [0.5, 0.6) is 0 Å². The van der Waals surface area contributed by atoms with Crippen LogP contribution in [0.25, 0.3) is 0 Å². The Hall–Kier alpha value is -4.21. The molecule has 4 rings (SSSR count). The van der Waals surface area contributed by atoms with Crippen molar-refractivity contribution in [2.24, 2.45) is 0 Å². The second-order valence-electron chi connectivity index (χ2n) is 10.9. The van der Waals surface area contributed by atoms with Gasteiger partial charge in [-0.1, -0.05) is 84.8 Å². The van der Waals surface area contributed by atoms with Crippen LogP contribution in [0.1, 0.15) is 35.6 Å². The van der Waals surface area contributed by atoms with Crippen molar-refractivity contribution < 1.29 is 22.4 Å². The summed E-state index contributed by atoms with van der Waals surface area (Å²) in [6.45, 7) is 5.25. The van der Waals surface area contributed by atoms with Gasteiger partial charge in [0, 0.05) is 24.5 Å². The van der Waals surface area contributed by atoms with Crippen LogP contribution in [0.2, 0.25) is 5.02 Å². The third-order valence-electron chi connectivity index (χ3n) is 7.41. The van der Waals surface area contributed by atoms with Crippen molar-refractivity contribution in [2.45, 2.75) is 51.1 Å². The largest absolute Gasteiger partial charge is 0.354 e. The van der Waals surface area contributed by atoms with Gasteiger partial charge in [0.2, 0.25) is 11.8 Å². The van der Waals surface area contributed by atoms with Crippen LogP contribution in [-0.2, 0) is 32.6 Å². The zero-order valence-electron chi connectivity index (χ0n) is 25.5. The molecule has 1 unspecified atom stereocenters. The van der Waals surface area contributed by atoms with E-state index in [2.05, 4.69) is 5.32 Å². The number of amides is 2. The van der Waals surface area contributed by atoms with Gasteiger partial charge >= 0.3 is 0 Å². The quantitative estimate of drug-likeness (QED) is 0.180. The topological polar surface area (TPSA) is 86.8 Å². The number of rotatable bonds is 13. The molecule has 0 aromatic heterocycles. The molecule has 0 saturated carbocycles. The maximum atomic E-state index is 14.5. The summed E-state index contributed by atoms with van der Waals surface area (Å²) in [5.41, 5.74) is 3.12. The second-order valence-corrected chi connectivity index (χ2v) is 13.2. The summed E-state index contributed by atoms with van der Waals surface area (Å²) in [5.74, 6) is -1.42. The molecular weight excluding hydrogens is 613 g/mol. The summed E-state index contributed by atoms with van der Waals surface area (Å²) in [7, 11) is -4.26. The Bertz CT molecular complexity index is 1720. The molecule has 1 N–H and O–H groups in total. The number of benzene rings is 4. The number of halogens is 2. The minimum atomic E-state index is -4.26. The van der Waals surface area contributed by atoms with Crippen molar-refractivity contribution in [1.82, 2.24) is 10.2 Å². The minimum absolute atomic E-state index is 0.00637. The average Bonchev–Trinajstić information content (AvgIpc) is 3.03. The van der Waals surface area contributed by atoms with Crippen molar-refractivity contribution >= 4 is 39.1 Å². The second kappa shape index (κ2) is 15.2. The molecule has 236 valence electrons. The summed E-state index contributed by atoms with van der Waals surface area (Å²) in [6.07, 6.45) is 0.872. The molecule has 0 saturated heterocycles. The molecule has 4 aromatic carbocycles. The lowest BCUT2D eigenvalue weighted by Gasteiger charge is -2.34. The lowest BCUT2D eigenvalue weighted by molar-refractivity contribution is -0.140. The molecule has 2 amide bonds. The van der Waals surface area contributed by atoms with Crippen LogP contribution in [0.4, 0.5) is 10.1 Å². The third kappa shape index (κ3) is 8.71. The molecule has 1 atom stereocenters. The van der Waals surface area contributed by atoms with Crippen molar-refractivity contribution in [1.29, 1.82) is 0 Å². The summed E-state index contributed by atoms with van der Waals surface area (Å²) in [4.78, 5) is 29.5. The highest BCUT2D eigenvalue weighted by Gasteiger charge is 2.35. The molecule has 45 heavy (non-hydrogen) atoms. The minimum Gasteiger partial charge on any atom is -0.354 e. The monoisotopic (exact) mass is 649 g/mol. The Balaban J connectivity index is 1.82. The fraction of sp³-hybridized carbons (Fsp3) is 0.257. The van der Waals surface area contributed by atoms with Crippen molar-refractivity contribution in [3.8, 4) is 0 Å². The van der Waals surface area contributed by atoms with E-state index in [4.69, 9.17) is 11.6 Å². The normalized spacial score (nSPS) is 11.9. The zero-order chi connectivity index (χ0) is 32.6. The first kappa shape index (κ1) is 33.7. The Morgan fingerprint density at radius 2 is 1.56 bits per heavy atom. The van der Waals surface area contributed by atoms with Gasteiger partial charge in [0.05, 0.1) is 10.6 Å². The maximum Gasteiger partial charge on any atom is 0.264 e. The first-order valence-electron chi connectivity index (χ1n) is 14.7. The average molecular weight is 650 g/mol. The lowest BCUT2D eigenvalue weighted by Crippen LogP contribution is -2.53. The molecule has 0 spiro atoms. The van der Waals surface area contributed by atoms with E-state index in [0.717, 1.165) is 15.4 Å². The highest BCUT2D eigenvalue weighted by molar-refractivity contribution is 7.92. The van der Waals surface area contributed by atoms with E-state index in [1.54, 1.807) is 43.3 Å². The van der Waals surface area contributed by atoms with E-state index >= 15 is 0 Å². The zero-order valence-corrected chi connectivity index (χ0v) is 27.1. The van der Waals surface area contributed by atoms with Gasteiger partial charge < -0.3 is 10.2 Å². The van der Waals surface area contributed by atoms with Crippen LogP contribution in [0.3, 0.4) is 0 Å². The first-order valence-corrected chi connectivity index (χ1v) is 16.5. The van der Waals surface area contributed by atoms with Crippen LogP contribution in [0, 0.1) is 19.7 Å². The fourth-order valence-corrected chi connectivity index (χ4v) is 6.55. The summed E-state index contributed by atoms with van der Waals surface area (Å²) in [5, 5.41) is 3.21. The van der Waals surface area contributed by atoms with Gasteiger partial charge in [-0.15, -0.1) is 0 Å². The van der Waals surface area contributed by atoms with Gasteiger partial charge in [0.15, 0.2) is 0 Å². The predicted molar refractivity (Wildman–Crippen MR) is 176 cm³/mol. The van der Waals surface area contributed by atoms with E-state index in [1.807, 2.05) is 44.2 Å². The number of hydrogen-bond donors (Lipinski definition) is 1. The molecule has 4 aromatic rings. The smallest absolute Gasteiger partial charge is 0.264 e. The van der Waals surface area contributed by atoms with Crippen molar-refractivity contribution in [2.75, 3.05) is 17.4 Å². The molecule has 0 fully saturated rings. The Morgan fingerprint density at radius 1 is 0.889 bits per heavy atom. The molecule has 0 aliphatic heterocycles. The highest BCUT2D eigenvalue weighted by atomic mass is 35.5. The van der Waals surface area contributed by atoms with Crippen LogP contribution >= 0.6 is 11.6 Å². The van der Waals surface area contributed by atoms with Crippen molar-refractivity contribution in [3.05, 3.63) is 130 Å².